The molecule has 3 nitrogen and oxygen atoms in total. The molecule has 0 amide bonds. The van der Waals surface area contributed by atoms with E-state index >= 15 is 0 Å². The lowest BCUT2D eigenvalue weighted by molar-refractivity contribution is 0.137. The third-order valence-electron chi connectivity index (χ3n) is 4.80. The molecule has 0 bridgehead atoms. The Kier molecular flexibility index (Phi) is 3.56. The highest BCUT2D eigenvalue weighted by Gasteiger charge is 2.47. The zero-order chi connectivity index (χ0) is 14.3. The van der Waals surface area contributed by atoms with Gasteiger partial charge in [0.25, 0.3) is 0 Å². The molecule has 3 atom stereocenters. The standard InChI is InChI=1S/C16H21NO2S/c1-17-8-7-16(6-5-12(18)10-15(16)17)11-3-4-13(19-2)14(20)9-11/h3-6,9,12,15,18,20H,7-8,10H2,1-2H3/t12-,15+,16+/m1/s1. The van der Waals surface area contributed by atoms with Gasteiger partial charge in [-0.1, -0.05) is 18.2 Å². The molecule has 1 aromatic carbocycles. The van der Waals surface area contributed by atoms with Gasteiger partial charge in [0.15, 0.2) is 0 Å². The summed E-state index contributed by atoms with van der Waals surface area (Å²) in [5.74, 6) is 0.802. The highest BCUT2D eigenvalue weighted by Crippen LogP contribution is 2.46. The number of nitrogens with zero attached hydrogens (tertiary/aromatic N) is 1. The van der Waals surface area contributed by atoms with E-state index in [-0.39, 0.29) is 11.5 Å². The summed E-state index contributed by atoms with van der Waals surface area (Å²) in [7, 11) is 3.81. The second kappa shape index (κ2) is 5.10. The maximum atomic E-state index is 9.92. The van der Waals surface area contributed by atoms with Crippen molar-refractivity contribution in [2.45, 2.75) is 35.3 Å². The van der Waals surface area contributed by atoms with Gasteiger partial charge >= 0.3 is 0 Å². The van der Waals surface area contributed by atoms with Crippen LogP contribution in [0.25, 0.3) is 0 Å². The summed E-state index contributed by atoms with van der Waals surface area (Å²) in [6.45, 7) is 1.05. The van der Waals surface area contributed by atoms with Crippen molar-refractivity contribution in [3.63, 3.8) is 0 Å². The third-order valence-corrected chi connectivity index (χ3v) is 5.15. The zero-order valence-electron chi connectivity index (χ0n) is 11.9. The summed E-state index contributed by atoms with van der Waals surface area (Å²) in [4.78, 5) is 3.22. The van der Waals surface area contributed by atoms with Crippen molar-refractivity contribution in [1.82, 2.24) is 4.90 Å². The Morgan fingerprint density at radius 2 is 2.25 bits per heavy atom. The van der Waals surface area contributed by atoms with Crippen LogP contribution in [0, 0.1) is 0 Å². The lowest BCUT2D eigenvalue weighted by Gasteiger charge is -2.39. The number of methoxy groups -OCH3 is 1. The SMILES string of the molecule is COc1ccc([C@@]23C=C[C@@H](O)C[C@@H]2N(C)CC3)cc1S. The summed E-state index contributed by atoms with van der Waals surface area (Å²) < 4.78 is 5.29. The Bertz CT molecular complexity index is 545. The van der Waals surface area contributed by atoms with Crippen molar-refractivity contribution in [3.8, 4) is 5.75 Å². The average Bonchev–Trinajstić information content (AvgIpc) is 2.77. The number of thiol groups is 1. The van der Waals surface area contributed by atoms with Crippen LogP contribution < -0.4 is 4.74 Å². The van der Waals surface area contributed by atoms with Crippen LogP contribution in [-0.2, 0) is 5.41 Å². The van der Waals surface area contributed by atoms with Gasteiger partial charge < -0.3 is 14.7 Å². The van der Waals surface area contributed by atoms with Gasteiger partial charge in [-0.25, -0.2) is 0 Å². The van der Waals surface area contributed by atoms with Crippen LogP contribution in [0.2, 0.25) is 0 Å². The zero-order valence-corrected chi connectivity index (χ0v) is 12.8. The van der Waals surface area contributed by atoms with Gasteiger partial charge in [-0.15, -0.1) is 12.6 Å². The number of likely N-dealkylation sites (N-methyl/N-ethyl adjacent to an activating group) is 1. The number of benzene rings is 1. The molecule has 1 heterocycles. The van der Waals surface area contributed by atoms with Gasteiger partial charge in [0.2, 0.25) is 0 Å². The van der Waals surface area contributed by atoms with E-state index in [1.54, 1.807) is 7.11 Å². The van der Waals surface area contributed by atoms with Crippen molar-refractivity contribution in [2.75, 3.05) is 20.7 Å². The second-order valence-electron chi connectivity index (χ2n) is 5.84. The van der Waals surface area contributed by atoms with Crippen LogP contribution in [-0.4, -0.2) is 42.9 Å². The number of rotatable bonds is 2. The number of ether oxygens (including phenoxy) is 1. The van der Waals surface area contributed by atoms with Crippen LogP contribution in [0.1, 0.15) is 18.4 Å². The first kappa shape index (κ1) is 14.0. The predicted molar refractivity (Wildman–Crippen MR) is 82.7 cm³/mol. The number of aliphatic hydroxyl groups excluding tert-OH is 1. The monoisotopic (exact) mass is 291 g/mol. The molecule has 0 radical (unpaired) electrons. The van der Waals surface area contributed by atoms with Crippen molar-refractivity contribution in [1.29, 1.82) is 0 Å². The number of hydrogen-bond acceptors (Lipinski definition) is 4. The Hall–Kier alpha value is -0.970. The minimum absolute atomic E-state index is 0.00225. The Morgan fingerprint density at radius 3 is 2.95 bits per heavy atom. The molecule has 1 aromatic rings. The maximum absolute atomic E-state index is 9.92. The number of fused-ring (bicyclic) bond motifs is 1. The molecule has 1 aliphatic carbocycles. The molecule has 3 rings (SSSR count). The molecular formula is C16H21NO2S. The second-order valence-corrected chi connectivity index (χ2v) is 6.32. The normalized spacial score (nSPS) is 33.2. The minimum atomic E-state index is -0.331. The quantitative estimate of drug-likeness (QED) is 0.647. The Morgan fingerprint density at radius 1 is 1.45 bits per heavy atom. The molecule has 4 heteroatoms. The number of hydrogen-bond donors (Lipinski definition) is 2. The van der Waals surface area contributed by atoms with Crippen molar-refractivity contribution in [3.05, 3.63) is 35.9 Å². The Labute approximate surface area is 125 Å². The van der Waals surface area contributed by atoms with E-state index in [1.807, 2.05) is 12.1 Å². The molecule has 2 aliphatic rings. The smallest absolute Gasteiger partial charge is 0.132 e. The van der Waals surface area contributed by atoms with Gasteiger partial charge in [0.1, 0.15) is 5.75 Å². The summed E-state index contributed by atoms with van der Waals surface area (Å²) >= 11 is 4.52. The van der Waals surface area contributed by atoms with Crippen molar-refractivity contribution >= 4 is 12.6 Å². The van der Waals surface area contributed by atoms with E-state index in [0.29, 0.717) is 6.04 Å². The number of aliphatic hydroxyl groups is 1. The molecule has 1 fully saturated rings. The fourth-order valence-corrected chi connectivity index (χ4v) is 3.97. The molecule has 1 N–H and O–H groups in total. The van der Waals surface area contributed by atoms with E-state index in [9.17, 15) is 5.11 Å². The average molecular weight is 291 g/mol. The molecule has 0 aromatic heterocycles. The van der Waals surface area contributed by atoms with Crippen molar-refractivity contribution < 1.29 is 9.84 Å². The molecule has 108 valence electrons. The molecular weight excluding hydrogens is 270 g/mol. The van der Waals surface area contributed by atoms with Gasteiger partial charge in [-0.3, -0.25) is 0 Å². The van der Waals surface area contributed by atoms with E-state index in [2.05, 4.69) is 42.8 Å². The van der Waals surface area contributed by atoms with Crippen molar-refractivity contribution in [2.24, 2.45) is 0 Å². The van der Waals surface area contributed by atoms with Gasteiger partial charge in [0.05, 0.1) is 13.2 Å². The molecule has 1 saturated heterocycles. The summed E-state index contributed by atoms with van der Waals surface area (Å²) in [5.41, 5.74) is 1.26. The Balaban J connectivity index is 2.06. The fraction of sp³-hybridized carbons (Fsp3) is 0.500. The molecule has 0 unspecified atom stereocenters. The first-order valence-corrected chi connectivity index (χ1v) is 7.47. The van der Waals surface area contributed by atoms with E-state index in [0.717, 1.165) is 30.0 Å². The van der Waals surface area contributed by atoms with Crippen LogP contribution in [0.3, 0.4) is 0 Å². The first-order valence-electron chi connectivity index (χ1n) is 7.02. The van der Waals surface area contributed by atoms with Crippen LogP contribution >= 0.6 is 12.6 Å². The predicted octanol–water partition coefficient (Wildman–Crippen LogP) is 2.25. The molecule has 0 spiro atoms. The molecule has 0 saturated carbocycles. The molecule has 20 heavy (non-hydrogen) atoms. The minimum Gasteiger partial charge on any atom is -0.496 e. The maximum Gasteiger partial charge on any atom is 0.132 e. The van der Waals surface area contributed by atoms with E-state index in [1.165, 1.54) is 5.56 Å². The van der Waals surface area contributed by atoms with E-state index < -0.39 is 0 Å². The third kappa shape index (κ3) is 2.07. The summed E-state index contributed by atoms with van der Waals surface area (Å²) in [5, 5.41) is 9.92. The highest BCUT2D eigenvalue weighted by atomic mass is 32.1. The molecule has 1 aliphatic heterocycles. The largest absolute Gasteiger partial charge is 0.496 e. The van der Waals surface area contributed by atoms with E-state index in [4.69, 9.17) is 4.74 Å². The van der Waals surface area contributed by atoms with Gasteiger partial charge in [-0.2, -0.15) is 0 Å². The number of likely N-dealkylation sites (tertiary alicyclic amines) is 1. The topological polar surface area (TPSA) is 32.7 Å². The van der Waals surface area contributed by atoms with Crippen LogP contribution in [0.4, 0.5) is 0 Å². The lowest BCUT2D eigenvalue weighted by atomic mass is 9.69. The van der Waals surface area contributed by atoms with Gasteiger partial charge in [0, 0.05) is 16.4 Å². The summed E-state index contributed by atoms with van der Waals surface area (Å²) in [6.07, 6.45) is 5.68. The van der Waals surface area contributed by atoms with Crippen LogP contribution in [0.15, 0.2) is 35.2 Å². The highest BCUT2D eigenvalue weighted by molar-refractivity contribution is 7.80. The fourth-order valence-electron chi connectivity index (χ4n) is 3.66. The van der Waals surface area contributed by atoms with Crippen LogP contribution in [0.5, 0.6) is 5.75 Å². The first-order chi connectivity index (χ1) is 9.56. The summed E-state index contributed by atoms with van der Waals surface area (Å²) in [6, 6.07) is 6.58. The van der Waals surface area contributed by atoms with Gasteiger partial charge in [-0.05, 0) is 44.1 Å². The lowest BCUT2D eigenvalue weighted by Crippen LogP contribution is -2.44.